The number of aryl methyl sites for hydroxylation is 1. The van der Waals surface area contributed by atoms with Gasteiger partial charge in [0.1, 0.15) is 10.6 Å². The number of rotatable bonds is 6. The highest BCUT2D eigenvalue weighted by atomic mass is 32.2. The van der Waals surface area contributed by atoms with E-state index in [1.165, 1.54) is 30.2 Å². The molecule has 0 saturated heterocycles. The molecule has 8 heteroatoms. The SMILES string of the molecule is COC(=O)c1c(NC(=O)CSc2nc3ccccc3s2)sc(C)c1-c1ccccc1. The number of esters is 1. The maximum Gasteiger partial charge on any atom is 0.341 e. The summed E-state index contributed by atoms with van der Waals surface area (Å²) in [7, 11) is 1.35. The van der Waals surface area contributed by atoms with E-state index in [2.05, 4.69) is 10.3 Å². The first-order valence-electron chi connectivity index (χ1n) is 9.12. The molecule has 0 aliphatic carbocycles. The van der Waals surface area contributed by atoms with Gasteiger partial charge in [0, 0.05) is 10.4 Å². The largest absolute Gasteiger partial charge is 0.465 e. The number of carbonyl (C=O) groups excluding carboxylic acids is 2. The van der Waals surface area contributed by atoms with Crippen molar-refractivity contribution in [3.05, 3.63) is 65.0 Å². The van der Waals surface area contributed by atoms with Crippen LogP contribution in [0.15, 0.2) is 58.9 Å². The molecular formula is C22H18N2O3S3. The van der Waals surface area contributed by atoms with Gasteiger partial charge in [-0.2, -0.15) is 0 Å². The summed E-state index contributed by atoms with van der Waals surface area (Å²) in [5.41, 5.74) is 3.03. The van der Waals surface area contributed by atoms with Crippen molar-refractivity contribution in [1.82, 2.24) is 4.98 Å². The summed E-state index contributed by atoms with van der Waals surface area (Å²) in [6.45, 7) is 1.94. The van der Waals surface area contributed by atoms with Gasteiger partial charge in [-0.25, -0.2) is 9.78 Å². The molecule has 0 fully saturated rings. The number of amides is 1. The van der Waals surface area contributed by atoms with Crippen molar-refractivity contribution < 1.29 is 14.3 Å². The van der Waals surface area contributed by atoms with Gasteiger partial charge in [0.25, 0.3) is 0 Å². The van der Waals surface area contributed by atoms with Crippen LogP contribution < -0.4 is 5.32 Å². The number of carbonyl (C=O) groups is 2. The Balaban J connectivity index is 1.54. The monoisotopic (exact) mass is 454 g/mol. The Morgan fingerprint density at radius 2 is 1.80 bits per heavy atom. The number of anilines is 1. The Morgan fingerprint density at radius 3 is 2.53 bits per heavy atom. The molecule has 1 amide bonds. The number of ether oxygens (including phenoxy) is 1. The van der Waals surface area contributed by atoms with Crippen LogP contribution in [0.1, 0.15) is 15.2 Å². The van der Waals surface area contributed by atoms with Crippen LogP contribution in [0.4, 0.5) is 5.00 Å². The highest BCUT2D eigenvalue weighted by Crippen LogP contribution is 2.40. The number of nitrogens with one attached hydrogen (secondary N) is 1. The maximum absolute atomic E-state index is 12.6. The third-order valence-corrected chi connectivity index (χ3v) is 7.59. The van der Waals surface area contributed by atoms with Gasteiger partial charge in [0.05, 0.1) is 23.1 Å². The van der Waals surface area contributed by atoms with Crippen molar-refractivity contribution >= 4 is 61.5 Å². The van der Waals surface area contributed by atoms with Crippen LogP contribution in [0.2, 0.25) is 0 Å². The Labute approximate surface area is 186 Å². The Kier molecular flexibility index (Phi) is 6.17. The zero-order chi connectivity index (χ0) is 21.1. The van der Waals surface area contributed by atoms with Gasteiger partial charge in [-0.1, -0.05) is 54.2 Å². The van der Waals surface area contributed by atoms with E-state index in [4.69, 9.17) is 4.74 Å². The first kappa shape index (κ1) is 20.6. The predicted molar refractivity (Wildman–Crippen MR) is 125 cm³/mol. The van der Waals surface area contributed by atoms with Crippen molar-refractivity contribution in [2.75, 3.05) is 18.2 Å². The second kappa shape index (κ2) is 8.99. The lowest BCUT2D eigenvalue weighted by Gasteiger charge is -2.08. The molecule has 30 heavy (non-hydrogen) atoms. The van der Waals surface area contributed by atoms with Crippen molar-refractivity contribution in [1.29, 1.82) is 0 Å². The van der Waals surface area contributed by atoms with E-state index in [1.807, 2.05) is 61.5 Å². The molecule has 2 heterocycles. The van der Waals surface area contributed by atoms with Gasteiger partial charge in [-0.15, -0.1) is 22.7 Å². The normalized spacial score (nSPS) is 10.9. The standard InChI is InChI=1S/C22H18N2O3S3/c1-13-18(14-8-4-3-5-9-14)19(21(26)27-2)20(29-13)24-17(25)12-28-22-23-15-10-6-7-11-16(15)30-22/h3-11H,12H2,1-2H3,(H,24,25). The van der Waals surface area contributed by atoms with Gasteiger partial charge < -0.3 is 10.1 Å². The average molecular weight is 455 g/mol. The maximum atomic E-state index is 12.6. The van der Waals surface area contributed by atoms with Crippen molar-refractivity contribution in [3.8, 4) is 11.1 Å². The van der Waals surface area contributed by atoms with Gasteiger partial charge in [0.2, 0.25) is 5.91 Å². The quantitative estimate of drug-likeness (QED) is 0.292. The zero-order valence-corrected chi connectivity index (χ0v) is 18.7. The Hall–Kier alpha value is -2.68. The van der Waals surface area contributed by atoms with Crippen LogP contribution in [0.3, 0.4) is 0 Å². The number of methoxy groups -OCH3 is 1. The molecule has 0 spiro atoms. The minimum Gasteiger partial charge on any atom is -0.465 e. The van der Waals surface area contributed by atoms with Crippen LogP contribution in [0, 0.1) is 6.92 Å². The molecule has 0 aliphatic rings. The summed E-state index contributed by atoms with van der Waals surface area (Å²) in [4.78, 5) is 30.6. The number of thioether (sulfide) groups is 1. The summed E-state index contributed by atoms with van der Waals surface area (Å²) in [6.07, 6.45) is 0. The number of aromatic nitrogens is 1. The van der Waals surface area contributed by atoms with E-state index in [9.17, 15) is 9.59 Å². The molecule has 0 bridgehead atoms. The third kappa shape index (κ3) is 4.26. The van der Waals surface area contributed by atoms with E-state index in [0.717, 1.165) is 30.6 Å². The van der Waals surface area contributed by atoms with Crippen LogP contribution >= 0.6 is 34.4 Å². The molecule has 0 radical (unpaired) electrons. The molecule has 2 aromatic heterocycles. The molecular weight excluding hydrogens is 436 g/mol. The highest BCUT2D eigenvalue weighted by molar-refractivity contribution is 8.01. The minimum absolute atomic E-state index is 0.190. The molecule has 1 N–H and O–H groups in total. The molecule has 0 unspecified atom stereocenters. The third-order valence-electron chi connectivity index (χ3n) is 4.39. The lowest BCUT2D eigenvalue weighted by atomic mass is 10.0. The highest BCUT2D eigenvalue weighted by Gasteiger charge is 2.25. The van der Waals surface area contributed by atoms with E-state index in [0.29, 0.717) is 10.6 Å². The summed E-state index contributed by atoms with van der Waals surface area (Å²) in [6, 6.07) is 17.5. The molecule has 4 rings (SSSR count). The summed E-state index contributed by atoms with van der Waals surface area (Å²) < 4.78 is 6.93. The number of thiophene rings is 1. The molecule has 5 nitrogen and oxygen atoms in total. The van der Waals surface area contributed by atoms with Gasteiger partial charge in [0.15, 0.2) is 4.34 Å². The predicted octanol–water partition coefficient (Wildman–Crippen LogP) is 5.85. The van der Waals surface area contributed by atoms with Crippen molar-refractivity contribution in [3.63, 3.8) is 0 Å². The number of para-hydroxylation sites is 1. The van der Waals surface area contributed by atoms with E-state index >= 15 is 0 Å². The van der Waals surface area contributed by atoms with Gasteiger partial charge in [-0.3, -0.25) is 4.79 Å². The number of hydrogen-bond acceptors (Lipinski definition) is 7. The minimum atomic E-state index is -0.465. The second-order valence-corrected chi connectivity index (χ2v) is 9.86. The first-order valence-corrected chi connectivity index (χ1v) is 11.7. The number of thiazole rings is 1. The summed E-state index contributed by atoms with van der Waals surface area (Å²) in [5, 5.41) is 3.40. The number of hydrogen-bond donors (Lipinski definition) is 1. The van der Waals surface area contributed by atoms with E-state index in [-0.39, 0.29) is 11.7 Å². The fraction of sp³-hybridized carbons (Fsp3) is 0.136. The molecule has 2 aromatic carbocycles. The summed E-state index contributed by atoms with van der Waals surface area (Å²) >= 11 is 4.32. The van der Waals surface area contributed by atoms with Crippen LogP contribution in [0.25, 0.3) is 21.3 Å². The second-order valence-electron chi connectivity index (χ2n) is 6.38. The molecule has 4 aromatic rings. The average Bonchev–Trinajstić information content (AvgIpc) is 3.32. The van der Waals surface area contributed by atoms with E-state index in [1.54, 1.807) is 11.3 Å². The zero-order valence-electron chi connectivity index (χ0n) is 16.3. The van der Waals surface area contributed by atoms with Gasteiger partial charge >= 0.3 is 5.97 Å². The molecule has 0 atom stereocenters. The number of benzene rings is 2. The van der Waals surface area contributed by atoms with Gasteiger partial charge in [-0.05, 0) is 24.6 Å². The van der Waals surface area contributed by atoms with Crippen LogP contribution in [-0.2, 0) is 9.53 Å². The fourth-order valence-electron chi connectivity index (χ4n) is 3.08. The topological polar surface area (TPSA) is 68.3 Å². The van der Waals surface area contributed by atoms with Crippen LogP contribution in [0.5, 0.6) is 0 Å². The van der Waals surface area contributed by atoms with E-state index < -0.39 is 5.97 Å². The molecule has 0 aliphatic heterocycles. The smallest absolute Gasteiger partial charge is 0.341 e. The first-order chi connectivity index (χ1) is 14.6. The lowest BCUT2D eigenvalue weighted by molar-refractivity contribution is -0.113. The number of nitrogens with zero attached hydrogens (tertiary/aromatic N) is 1. The Bertz CT molecular complexity index is 1180. The Morgan fingerprint density at radius 1 is 1.07 bits per heavy atom. The number of fused-ring (bicyclic) bond motifs is 1. The summed E-state index contributed by atoms with van der Waals surface area (Å²) in [5.74, 6) is -0.449. The molecule has 0 saturated carbocycles. The van der Waals surface area contributed by atoms with Crippen molar-refractivity contribution in [2.24, 2.45) is 0 Å². The van der Waals surface area contributed by atoms with Crippen molar-refractivity contribution in [2.45, 2.75) is 11.3 Å². The van der Waals surface area contributed by atoms with Crippen LogP contribution in [-0.4, -0.2) is 29.7 Å². The fourth-order valence-corrected chi connectivity index (χ4v) is 6.03. The lowest BCUT2D eigenvalue weighted by Crippen LogP contribution is -2.15. The molecule has 152 valence electrons.